The largest absolute Gasteiger partial charge is 0.387 e. The van der Waals surface area contributed by atoms with E-state index in [-0.39, 0.29) is 18.9 Å². The van der Waals surface area contributed by atoms with Gasteiger partial charge < -0.3 is 10.4 Å². The second kappa shape index (κ2) is 6.99. The number of nitrogens with one attached hydrogen (secondary N) is 1. The van der Waals surface area contributed by atoms with E-state index in [0.717, 1.165) is 11.1 Å². The normalized spacial score (nSPS) is 12.0. The molecule has 0 bridgehead atoms. The fraction of sp³-hybridized carbons (Fsp3) is 0.235. The first kappa shape index (κ1) is 15.2. The van der Waals surface area contributed by atoms with Gasteiger partial charge in [0.2, 0.25) is 5.91 Å². The zero-order valence-corrected chi connectivity index (χ0v) is 11.8. The first-order valence-electron chi connectivity index (χ1n) is 6.81. The second-order valence-corrected chi connectivity index (χ2v) is 5.00. The molecule has 110 valence electrons. The lowest BCUT2D eigenvalue weighted by Crippen LogP contribution is -2.29. The van der Waals surface area contributed by atoms with Gasteiger partial charge >= 0.3 is 0 Å². The minimum absolute atomic E-state index is 0.0344. The molecular weight excluding hydrogens is 269 g/mol. The fourth-order valence-corrected chi connectivity index (χ4v) is 1.99. The molecular formula is C17H18FNO2. The summed E-state index contributed by atoms with van der Waals surface area (Å²) in [6.45, 7) is 2.07. The Morgan fingerprint density at radius 2 is 1.86 bits per heavy atom. The van der Waals surface area contributed by atoms with Crippen LogP contribution in [0, 0.1) is 12.7 Å². The van der Waals surface area contributed by atoms with Crippen LogP contribution < -0.4 is 5.32 Å². The Bertz CT molecular complexity index is 610. The third-order valence-corrected chi connectivity index (χ3v) is 3.26. The number of hydrogen-bond donors (Lipinski definition) is 2. The number of aryl methyl sites for hydroxylation is 1. The molecule has 0 radical (unpaired) electrons. The number of halogens is 1. The lowest BCUT2D eigenvalue weighted by molar-refractivity contribution is -0.120. The van der Waals surface area contributed by atoms with Gasteiger partial charge in [-0.1, -0.05) is 48.0 Å². The van der Waals surface area contributed by atoms with Gasteiger partial charge in [0.15, 0.2) is 0 Å². The summed E-state index contributed by atoms with van der Waals surface area (Å²) < 4.78 is 13.4. The Morgan fingerprint density at radius 3 is 2.52 bits per heavy atom. The Hall–Kier alpha value is -2.20. The lowest BCUT2D eigenvalue weighted by Gasteiger charge is -2.12. The summed E-state index contributed by atoms with van der Waals surface area (Å²) in [5.74, 6) is -0.710. The molecule has 3 nitrogen and oxygen atoms in total. The average molecular weight is 287 g/mol. The summed E-state index contributed by atoms with van der Waals surface area (Å²) in [5, 5.41) is 12.6. The maximum absolute atomic E-state index is 13.4. The molecule has 0 saturated carbocycles. The Kier molecular flexibility index (Phi) is 5.06. The van der Waals surface area contributed by atoms with Crippen molar-refractivity contribution in [3.05, 3.63) is 71.0 Å². The third kappa shape index (κ3) is 4.39. The minimum Gasteiger partial charge on any atom is -0.387 e. The van der Waals surface area contributed by atoms with Crippen molar-refractivity contribution in [2.75, 3.05) is 6.54 Å². The van der Waals surface area contributed by atoms with Crippen molar-refractivity contribution in [3.8, 4) is 0 Å². The molecule has 1 amide bonds. The highest BCUT2D eigenvalue weighted by molar-refractivity contribution is 5.78. The van der Waals surface area contributed by atoms with Crippen molar-refractivity contribution in [2.45, 2.75) is 19.4 Å². The Morgan fingerprint density at radius 1 is 1.19 bits per heavy atom. The van der Waals surface area contributed by atoms with Crippen LogP contribution in [0.1, 0.15) is 22.8 Å². The number of aliphatic hydroxyl groups excluding tert-OH is 1. The highest BCUT2D eigenvalue weighted by Crippen LogP contribution is 2.13. The van der Waals surface area contributed by atoms with Crippen LogP contribution in [-0.2, 0) is 11.2 Å². The van der Waals surface area contributed by atoms with Crippen molar-refractivity contribution in [3.63, 3.8) is 0 Å². The zero-order chi connectivity index (χ0) is 15.2. The smallest absolute Gasteiger partial charge is 0.224 e. The summed E-state index contributed by atoms with van der Waals surface area (Å²) in [5.41, 5.74) is 2.20. The van der Waals surface area contributed by atoms with Crippen LogP contribution in [0.3, 0.4) is 0 Å². The number of carbonyl (C=O) groups is 1. The number of hydrogen-bond acceptors (Lipinski definition) is 2. The van der Waals surface area contributed by atoms with E-state index in [2.05, 4.69) is 5.32 Å². The molecule has 2 aromatic carbocycles. The third-order valence-electron chi connectivity index (χ3n) is 3.26. The van der Waals surface area contributed by atoms with Crippen molar-refractivity contribution in [2.24, 2.45) is 0 Å². The van der Waals surface area contributed by atoms with E-state index in [4.69, 9.17) is 0 Å². The quantitative estimate of drug-likeness (QED) is 0.888. The highest BCUT2D eigenvalue weighted by Gasteiger charge is 2.11. The first-order valence-corrected chi connectivity index (χ1v) is 6.81. The van der Waals surface area contributed by atoms with E-state index in [1.54, 1.807) is 18.2 Å². The van der Waals surface area contributed by atoms with Crippen LogP contribution in [0.25, 0.3) is 0 Å². The molecule has 21 heavy (non-hydrogen) atoms. The standard InChI is InChI=1S/C17H18FNO2/c1-12-6-8-13(9-7-12)16(20)11-19-17(21)10-14-4-2-3-5-15(14)18/h2-9,16,20H,10-11H2,1H3,(H,19,21)/t16-/m0/s1. The SMILES string of the molecule is Cc1ccc([C@@H](O)CNC(=O)Cc2ccccc2F)cc1. The van der Waals surface area contributed by atoms with Crippen LogP contribution in [0.5, 0.6) is 0 Å². The van der Waals surface area contributed by atoms with Crippen LogP contribution in [0.15, 0.2) is 48.5 Å². The monoisotopic (exact) mass is 287 g/mol. The van der Waals surface area contributed by atoms with E-state index in [1.165, 1.54) is 6.07 Å². The fourth-order valence-electron chi connectivity index (χ4n) is 1.99. The topological polar surface area (TPSA) is 49.3 Å². The van der Waals surface area contributed by atoms with E-state index in [0.29, 0.717) is 5.56 Å². The van der Waals surface area contributed by atoms with Gasteiger partial charge in [0.1, 0.15) is 5.82 Å². The maximum atomic E-state index is 13.4. The summed E-state index contributed by atoms with van der Waals surface area (Å²) in [7, 11) is 0. The van der Waals surface area contributed by atoms with Gasteiger partial charge in [-0.2, -0.15) is 0 Å². The van der Waals surface area contributed by atoms with E-state index in [1.807, 2.05) is 31.2 Å². The molecule has 0 unspecified atom stereocenters. The molecule has 1 atom stereocenters. The molecule has 0 fully saturated rings. The summed E-state index contributed by atoms with van der Waals surface area (Å²) in [4.78, 5) is 11.8. The van der Waals surface area contributed by atoms with Gasteiger partial charge in [0.05, 0.1) is 12.5 Å². The van der Waals surface area contributed by atoms with Crippen LogP contribution >= 0.6 is 0 Å². The van der Waals surface area contributed by atoms with E-state index < -0.39 is 11.9 Å². The lowest BCUT2D eigenvalue weighted by atomic mass is 10.1. The molecule has 2 aromatic rings. The Labute approximate surface area is 123 Å². The van der Waals surface area contributed by atoms with Crippen LogP contribution in [-0.4, -0.2) is 17.6 Å². The molecule has 2 rings (SSSR count). The van der Waals surface area contributed by atoms with Crippen LogP contribution in [0.4, 0.5) is 4.39 Å². The first-order chi connectivity index (χ1) is 10.1. The molecule has 0 saturated heterocycles. The number of carbonyl (C=O) groups excluding carboxylic acids is 1. The maximum Gasteiger partial charge on any atom is 0.224 e. The van der Waals surface area contributed by atoms with Gasteiger partial charge in [0.25, 0.3) is 0 Å². The van der Waals surface area contributed by atoms with Gasteiger partial charge in [0, 0.05) is 6.54 Å². The molecule has 4 heteroatoms. The highest BCUT2D eigenvalue weighted by atomic mass is 19.1. The van der Waals surface area contributed by atoms with E-state index >= 15 is 0 Å². The number of benzene rings is 2. The molecule has 0 aliphatic heterocycles. The number of aliphatic hydroxyl groups is 1. The minimum atomic E-state index is -0.768. The van der Waals surface area contributed by atoms with Gasteiger partial charge in [-0.15, -0.1) is 0 Å². The second-order valence-electron chi connectivity index (χ2n) is 5.00. The van der Waals surface area contributed by atoms with Crippen molar-refractivity contribution >= 4 is 5.91 Å². The molecule has 0 spiro atoms. The molecule has 2 N–H and O–H groups in total. The van der Waals surface area contributed by atoms with Gasteiger partial charge in [-0.25, -0.2) is 4.39 Å². The summed E-state index contributed by atoms with van der Waals surface area (Å²) in [6.07, 6.45) is -0.803. The van der Waals surface area contributed by atoms with Gasteiger partial charge in [-0.05, 0) is 24.1 Å². The van der Waals surface area contributed by atoms with Crippen LogP contribution in [0.2, 0.25) is 0 Å². The van der Waals surface area contributed by atoms with Crippen molar-refractivity contribution in [1.82, 2.24) is 5.32 Å². The van der Waals surface area contributed by atoms with Gasteiger partial charge in [-0.3, -0.25) is 4.79 Å². The molecule has 0 aliphatic carbocycles. The summed E-state index contributed by atoms with van der Waals surface area (Å²) >= 11 is 0. The van der Waals surface area contributed by atoms with Crippen molar-refractivity contribution in [1.29, 1.82) is 0 Å². The van der Waals surface area contributed by atoms with E-state index in [9.17, 15) is 14.3 Å². The zero-order valence-electron chi connectivity index (χ0n) is 11.8. The molecule has 0 aromatic heterocycles. The predicted octanol–water partition coefficient (Wildman–Crippen LogP) is 2.53. The predicted molar refractivity (Wildman–Crippen MR) is 79.3 cm³/mol. The van der Waals surface area contributed by atoms with Crippen molar-refractivity contribution < 1.29 is 14.3 Å². The Balaban J connectivity index is 1.86. The number of amides is 1. The molecule has 0 aliphatic rings. The average Bonchev–Trinajstić information content (AvgIpc) is 2.48. The number of rotatable bonds is 5. The summed E-state index contributed by atoms with van der Waals surface area (Å²) in [6, 6.07) is 13.6. The molecule has 0 heterocycles.